The number of aromatic nitrogens is 4. The van der Waals surface area contributed by atoms with E-state index in [1.54, 1.807) is 66.3 Å². The number of nitrogens with zero attached hydrogens (tertiary/aromatic N) is 5. The fraction of sp³-hybridized carbons (Fsp3) is 0.0870. The van der Waals surface area contributed by atoms with E-state index in [2.05, 4.69) is 20.6 Å². The van der Waals surface area contributed by atoms with Crippen LogP contribution in [0.15, 0.2) is 60.8 Å². The number of pyridine rings is 1. The Labute approximate surface area is 189 Å². The van der Waals surface area contributed by atoms with Crippen molar-refractivity contribution in [1.82, 2.24) is 20.0 Å². The molecule has 0 bridgehead atoms. The summed E-state index contributed by atoms with van der Waals surface area (Å²) in [5.41, 5.74) is 3.20. The maximum absolute atomic E-state index is 12.8. The number of nitrogens with one attached hydrogen (secondary N) is 1. The lowest BCUT2D eigenvalue weighted by Crippen LogP contribution is -2.15. The Bertz CT molecular complexity index is 1360. The lowest BCUT2D eigenvalue weighted by molar-refractivity contribution is 0.102. The number of hydrogen-bond donors (Lipinski definition) is 1. The second-order valence-electron chi connectivity index (χ2n) is 6.92. The zero-order valence-corrected chi connectivity index (χ0v) is 18.0. The molecule has 4 rings (SSSR count). The fourth-order valence-corrected chi connectivity index (χ4v) is 3.27. The number of carbonyl (C=O) groups is 1. The van der Waals surface area contributed by atoms with Crippen LogP contribution in [0, 0.1) is 25.2 Å². The van der Waals surface area contributed by atoms with E-state index < -0.39 is 0 Å². The molecule has 0 aliphatic carbocycles. The van der Waals surface area contributed by atoms with Gasteiger partial charge in [0.15, 0.2) is 5.69 Å². The molecule has 158 valence electrons. The predicted molar refractivity (Wildman–Crippen MR) is 119 cm³/mol. The summed E-state index contributed by atoms with van der Waals surface area (Å²) >= 11 is 6.05. The molecular weight excluding hydrogens is 428 g/mol. The standard InChI is InChI=1S/C23H17ClN6O2/c1-14-11-19(32-23-16(13-25)5-4-10-26-23)8-9-20(14)27-22(31)21-15(2)30(29-28-21)18-7-3-6-17(24)12-18/h3-12H,1-2H3,(H,27,31). The first-order valence-corrected chi connectivity index (χ1v) is 9.97. The van der Waals surface area contributed by atoms with Gasteiger partial charge in [-0.25, -0.2) is 9.67 Å². The van der Waals surface area contributed by atoms with Crippen LogP contribution in [0.25, 0.3) is 5.69 Å². The summed E-state index contributed by atoms with van der Waals surface area (Å²) in [6.07, 6.45) is 1.55. The van der Waals surface area contributed by atoms with Crippen LogP contribution in [-0.2, 0) is 0 Å². The Morgan fingerprint density at radius 2 is 2.00 bits per heavy atom. The molecule has 2 aromatic carbocycles. The second kappa shape index (κ2) is 8.88. The Balaban J connectivity index is 1.52. The molecule has 2 aromatic heterocycles. The third-order valence-corrected chi connectivity index (χ3v) is 4.95. The number of rotatable bonds is 5. The minimum Gasteiger partial charge on any atom is -0.438 e. The quantitative estimate of drug-likeness (QED) is 0.471. The molecule has 1 N–H and O–H groups in total. The van der Waals surface area contributed by atoms with Crippen LogP contribution < -0.4 is 10.1 Å². The van der Waals surface area contributed by atoms with Crippen LogP contribution in [0.1, 0.15) is 27.3 Å². The molecule has 0 saturated carbocycles. The number of ether oxygens (including phenoxy) is 1. The Morgan fingerprint density at radius 3 is 2.75 bits per heavy atom. The first kappa shape index (κ1) is 21.0. The molecular formula is C23H17ClN6O2. The zero-order valence-electron chi connectivity index (χ0n) is 17.2. The van der Waals surface area contributed by atoms with Crippen LogP contribution in [0.4, 0.5) is 5.69 Å². The van der Waals surface area contributed by atoms with E-state index >= 15 is 0 Å². The van der Waals surface area contributed by atoms with Gasteiger partial charge < -0.3 is 10.1 Å². The number of aryl methyl sites for hydroxylation is 1. The highest BCUT2D eigenvalue weighted by atomic mass is 35.5. The summed E-state index contributed by atoms with van der Waals surface area (Å²) in [6.45, 7) is 3.60. The average Bonchev–Trinajstić information content (AvgIpc) is 3.17. The van der Waals surface area contributed by atoms with Crippen molar-refractivity contribution < 1.29 is 9.53 Å². The summed E-state index contributed by atoms with van der Waals surface area (Å²) in [5, 5.41) is 20.7. The summed E-state index contributed by atoms with van der Waals surface area (Å²) in [7, 11) is 0. The molecule has 0 unspecified atom stereocenters. The van der Waals surface area contributed by atoms with Gasteiger partial charge in [0, 0.05) is 16.9 Å². The summed E-state index contributed by atoms with van der Waals surface area (Å²) < 4.78 is 7.28. The van der Waals surface area contributed by atoms with Crippen molar-refractivity contribution >= 4 is 23.2 Å². The molecule has 0 fully saturated rings. The second-order valence-corrected chi connectivity index (χ2v) is 7.35. The van der Waals surface area contributed by atoms with E-state index in [1.165, 1.54) is 0 Å². The van der Waals surface area contributed by atoms with E-state index in [4.69, 9.17) is 16.3 Å². The number of amides is 1. The van der Waals surface area contributed by atoms with Crippen LogP contribution in [0.3, 0.4) is 0 Å². The van der Waals surface area contributed by atoms with Crippen molar-refractivity contribution in [2.24, 2.45) is 0 Å². The number of halogens is 1. The Morgan fingerprint density at radius 1 is 1.16 bits per heavy atom. The highest BCUT2D eigenvalue weighted by Gasteiger charge is 2.18. The summed E-state index contributed by atoms with van der Waals surface area (Å²) in [6, 6.07) is 17.6. The highest BCUT2D eigenvalue weighted by Crippen LogP contribution is 2.27. The van der Waals surface area contributed by atoms with Gasteiger partial charge in [0.2, 0.25) is 5.88 Å². The van der Waals surface area contributed by atoms with Gasteiger partial charge in [-0.3, -0.25) is 4.79 Å². The lowest BCUT2D eigenvalue weighted by atomic mass is 10.2. The van der Waals surface area contributed by atoms with Crippen molar-refractivity contribution in [1.29, 1.82) is 5.26 Å². The monoisotopic (exact) mass is 444 g/mol. The van der Waals surface area contributed by atoms with Gasteiger partial charge >= 0.3 is 0 Å². The smallest absolute Gasteiger partial charge is 0.278 e. The highest BCUT2D eigenvalue weighted by molar-refractivity contribution is 6.30. The molecule has 0 radical (unpaired) electrons. The molecule has 9 heteroatoms. The third-order valence-electron chi connectivity index (χ3n) is 4.71. The van der Waals surface area contributed by atoms with E-state index in [0.717, 1.165) is 5.56 Å². The third kappa shape index (κ3) is 4.29. The van der Waals surface area contributed by atoms with Gasteiger partial charge in [0.05, 0.1) is 11.4 Å². The minimum absolute atomic E-state index is 0.205. The van der Waals surface area contributed by atoms with Gasteiger partial charge in [0.1, 0.15) is 17.4 Å². The van der Waals surface area contributed by atoms with Crippen LogP contribution in [0.5, 0.6) is 11.6 Å². The Hall–Kier alpha value is -4.22. The minimum atomic E-state index is -0.385. The van der Waals surface area contributed by atoms with Crippen LogP contribution in [0.2, 0.25) is 5.02 Å². The van der Waals surface area contributed by atoms with Crippen molar-refractivity contribution in [3.63, 3.8) is 0 Å². The molecule has 0 aliphatic rings. The van der Waals surface area contributed by atoms with Crippen molar-refractivity contribution in [2.75, 3.05) is 5.32 Å². The number of carbonyl (C=O) groups excluding carboxylic acids is 1. The molecule has 2 heterocycles. The fourth-order valence-electron chi connectivity index (χ4n) is 3.08. The van der Waals surface area contributed by atoms with E-state index in [1.807, 2.05) is 19.1 Å². The zero-order chi connectivity index (χ0) is 22.7. The molecule has 0 saturated heterocycles. The number of benzene rings is 2. The summed E-state index contributed by atoms with van der Waals surface area (Å²) in [4.78, 5) is 16.9. The van der Waals surface area contributed by atoms with Crippen molar-refractivity contribution in [2.45, 2.75) is 13.8 Å². The predicted octanol–water partition coefficient (Wildman–Crippen LogP) is 4.85. The van der Waals surface area contributed by atoms with E-state index in [-0.39, 0.29) is 17.5 Å². The topological polar surface area (TPSA) is 106 Å². The van der Waals surface area contributed by atoms with E-state index in [9.17, 15) is 10.1 Å². The molecule has 4 aromatic rings. The molecule has 0 aliphatic heterocycles. The molecule has 0 atom stereocenters. The normalized spacial score (nSPS) is 10.4. The number of hydrogen-bond acceptors (Lipinski definition) is 6. The SMILES string of the molecule is Cc1cc(Oc2ncccc2C#N)ccc1NC(=O)c1nnn(-c2cccc(Cl)c2)c1C. The maximum Gasteiger partial charge on any atom is 0.278 e. The molecule has 32 heavy (non-hydrogen) atoms. The first-order chi connectivity index (χ1) is 15.5. The van der Waals surface area contributed by atoms with Gasteiger partial charge in [-0.1, -0.05) is 22.9 Å². The molecule has 0 spiro atoms. The van der Waals surface area contributed by atoms with Crippen molar-refractivity contribution in [3.05, 3.63) is 88.3 Å². The van der Waals surface area contributed by atoms with Crippen molar-refractivity contribution in [3.8, 4) is 23.4 Å². The van der Waals surface area contributed by atoms with Gasteiger partial charge in [-0.15, -0.1) is 5.10 Å². The first-order valence-electron chi connectivity index (χ1n) is 9.59. The van der Waals surface area contributed by atoms with Gasteiger partial charge in [0.25, 0.3) is 5.91 Å². The van der Waals surface area contributed by atoms with Gasteiger partial charge in [-0.2, -0.15) is 5.26 Å². The van der Waals surface area contributed by atoms with E-state index in [0.29, 0.717) is 33.4 Å². The molecule has 1 amide bonds. The average molecular weight is 445 g/mol. The largest absolute Gasteiger partial charge is 0.438 e. The Kier molecular flexibility index (Phi) is 5.83. The molecule has 8 nitrogen and oxygen atoms in total. The van der Waals surface area contributed by atoms with Crippen LogP contribution >= 0.6 is 11.6 Å². The summed E-state index contributed by atoms with van der Waals surface area (Å²) in [5.74, 6) is 0.335. The van der Waals surface area contributed by atoms with Crippen LogP contribution in [-0.4, -0.2) is 25.9 Å². The number of anilines is 1. The number of nitriles is 1. The van der Waals surface area contributed by atoms with Gasteiger partial charge in [-0.05, 0) is 67.9 Å². The maximum atomic E-state index is 12.8. The lowest BCUT2D eigenvalue weighted by Gasteiger charge is -2.11.